The molecule has 0 aromatic heterocycles. The van der Waals surface area contributed by atoms with Gasteiger partial charge in [-0.1, -0.05) is 46.4 Å². The maximum Gasteiger partial charge on any atom is 0.251 e. The molecular formula is C12H26OSSi. The Bertz CT molecular complexity index is 226. The Morgan fingerprint density at radius 3 is 2.00 bits per heavy atom. The van der Waals surface area contributed by atoms with Crippen LogP contribution in [0.4, 0.5) is 0 Å². The fourth-order valence-corrected chi connectivity index (χ4v) is 3.13. The summed E-state index contributed by atoms with van der Waals surface area (Å²) in [5.41, 5.74) is 0. The Morgan fingerprint density at radius 2 is 1.73 bits per heavy atom. The summed E-state index contributed by atoms with van der Waals surface area (Å²) < 4.78 is 6.23. The molecule has 0 atom stereocenters. The Morgan fingerprint density at radius 1 is 1.27 bits per heavy atom. The predicted octanol–water partition coefficient (Wildman–Crippen LogP) is 5.01. The molecule has 0 spiro atoms. The quantitative estimate of drug-likeness (QED) is 0.509. The van der Waals surface area contributed by atoms with Crippen molar-refractivity contribution < 1.29 is 4.43 Å². The van der Waals surface area contributed by atoms with Gasteiger partial charge in [0.25, 0.3) is 8.32 Å². The minimum Gasteiger partial charge on any atom is -0.539 e. The predicted molar refractivity (Wildman–Crippen MR) is 74.8 cm³/mol. The minimum absolute atomic E-state index is 0.277. The van der Waals surface area contributed by atoms with E-state index in [0.717, 1.165) is 5.09 Å². The Kier molecular flexibility index (Phi) is 5.48. The average Bonchev–Trinajstić information content (AvgIpc) is 1.99. The Labute approximate surface area is 101 Å². The van der Waals surface area contributed by atoms with Crippen molar-refractivity contribution in [2.45, 2.75) is 64.9 Å². The van der Waals surface area contributed by atoms with Crippen LogP contribution in [0.3, 0.4) is 0 Å². The molecule has 0 bridgehead atoms. The zero-order valence-corrected chi connectivity index (χ0v) is 13.3. The standard InChI is InChI=1S/C12H26OSSi/c1-9-11(14-10(2)3)13-15(7,8)12(4,5)6/h9-10H,1-8H3. The molecule has 0 aliphatic heterocycles. The third-order valence-corrected chi connectivity index (χ3v) is 8.26. The first kappa shape index (κ1) is 15.1. The first-order chi connectivity index (χ1) is 6.60. The van der Waals surface area contributed by atoms with Crippen molar-refractivity contribution in [2.24, 2.45) is 0 Å². The highest BCUT2D eigenvalue weighted by atomic mass is 32.2. The zero-order valence-electron chi connectivity index (χ0n) is 11.5. The van der Waals surface area contributed by atoms with Crippen molar-refractivity contribution in [3.63, 3.8) is 0 Å². The van der Waals surface area contributed by atoms with Gasteiger partial charge in [-0.15, -0.1) is 0 Å². The lowest BCUT2D eigenvalue weighted by Crippen LogP contribution is -2.40. The van der Waals surface area contributed by atoms with E-state index >= 15 is 0 Å². The highest BCUT2D eigenvalue weighted by Gasteiger charge is 2.39. The molecule has 3 heteroatoms. The number of hydrogen-bond donors (Lipinski definition) is 0. The highest BCUT2D eigenvalue weighted by molar-refractivity contribution is 8.03. The maximum absolute atomic E-state index is 6.23. The second-order valence-electron chi connectivity index (χ2n) is 5.64. The van der Waals surface area contributed by atoms with Gasteiger partial charge in [-0.2, -0.15) is 0 Å². The fourth-order valence-electron chi connectivity index (χ4n) is 0.788. The van der Waals surface area contributed by atoms with Gasteiger partial charge in [0.1, 0.15) is 5.09 Å². The van der Waals surface area contributed by atoms with Crippen LogP contribution in [0.5, 0.6) is 0 Å². The van der Waals surface area contributed by atoms with Gasteiger partial charge in [0.15, 0.2) is 0 Å². The highest BCUT2D eigenvalue weighted by Crippen LogP contribution is 2.40. The molecule has 0 aromatic rings. The molecule has 0 fully saturated rings. The molecule has 0 unspecified atom stereocenters. The molecule has 0 saturated carbocycles. The van der Waals surface area contributed by atoms with E-state index in [0.29, 0.717) is 5.25 Å². The second kappa shape index (κ2) is 5.44. The summed E-state index contributed by atoms with van der Waals surface area (Å²) in [6.45, 7) is 17.8. The molecule has 0 aromatic carbocycles. The normalized spacial score (nSPS) is 14.6. The van der Waals surface area contributed by atoms with Crippen LogP contribution in [0.1, 0.15) is 41.5 Å². The van der Waals surface area contributed by atoms with Crippen molar-refractivity contribution in [1.82, 2.24) is 0 Å². The first-order valence-electron chi connectivity index (χ1n) is 5.62. The second-order valence-corrected chi connectivity index (χ2v) is 11.9. The van der Waals surface area contributed by atoms with E-state index in [1.165, 1.54) is 0 Å². The first-order valence-corrected chi connectivity index (χ1v) is 9.41. The van der Waals surface area contributed by atoms with Crippen molar-refractivity contribution in [1.29, 1.82) is 0 Å². The third-order valence-electron chi connectivity index (χ3n) is 2.75. The largest absolute Gasteiger partial charge is 0.539 e. The number of rotatable bonds is 4. The molecule has 0 N–H and O–H groups in total. The van der Waals surface area contributed by atoms with Gasteiger partial charge in [-0.05, 0) is 31.1 Å². The summed E-state index contributed by atoms with van der Waals surface area (Å²) in [5.74, 6) is 0. The van der Waals surface area contributed by atoms with E-state index in [1.807, 2.05) is 11.8 Å². The Hall–Kier alpha value is 0.107. The molecule has 1 nitrogen and oxygen atoms in total. The summed E-state index contributed by atoms with van der Waals surface area (Å²) in [7, 11) is -1.64. The molecule has 0 rings (SSSR count). The molecule has 0 radical (unpaired) electrons. The van der Waals surface area contributed by atoms with Crippen LogP contribution in [-0.2, 0) is 4.43 Å². The van der Waals surface area contributed by atoms with E-state index in [2.05, 4.69) is 60.7 Å². The average molecular weight is 246 g/mol. The zero-order chi connectivity index (χ0) is 12.3. The molecule has 0 heterocycles. The van der Waals surface area contributed by atoms with Gasteiger partial charge in [0, 0.05) is 5.25 Å². The van der Waals surface area contributed by atoms with E-state index in [-0.39, 0.29) is 5.04 Å². The third kappa shape index (κ3) is 5.11. The van der Waals surface area contributed by atoms with Crippen LogP contribution in [0.25, 0.3) is 0 Å². The summed E-state index contributed by atoms with van der Waals surface area (Å²) in [5, 5.41) is 1.95. The monoisotopic (exact) mass is 246 g/mol. The van der Waals surface area contributed by atoms with E-state index < -0.39 is 8.32 Å². The lowest BCUT2D eigenvalue weighted by atomic mass is 10.2. The van der Waals surface area contributed by atoms with Crippen LogP contribution in [0, 0.1) is 0 Å². The van der Waals surface area contributed by atoms with Crippen molar-refractivity contribution in [3.05, 3.63) is 11.2 Å². The molecule has 0 amide bonds. The van der Waals surface area contributed by atoms with Gasteiger partial charge >= 0.3 is 0 Å². The van der Waals surface area contributed by atoms with Crippen LogP contribution >= 0.6 is 11.8 Å². The van der Waals surface area contributed by atoms with Crippen molar-refractivity contribution in [2.75, 3.05) is 0 Å². The smallest absolute Gasteiger partial charge is 0.251 e. The Balaban J connectivity index is 4.56. The van der Waals surface area contributed by atoms with Crippen LogP contribution in [0.2, 0.25) is 18.1 Å². The summed E-state index contributed by atoms with van der Waals surface area (Å²) in [4.78, 5) is 0. The SMILES string of the molecule is CC=C(O[Si](C)(C)C(C)(C)C)SC(C)C. The number of allylic oxidation sites excluding steroid dienone is 1. The van der Waals surface area contributed by atoms with Crippen LogP contribution in [-0.4, -0.2) is 13.6 Å². The lowest BCUT2D eigenvalue weighted by molar-refractivity contribution is 0.416. The molecule has 0 saturated heterocycles. The summed E-state index contributed by atoms with van der Waals surface area (Å²) >= 11 is 1.82. The minimum atomic E-state index is -1.64. The van der Waals surface area contributed by atoms with Gasteiger partial charge in [0.05, 0.1) is 0 Å². The molecule has 15 heavy (non-hydrogen) atoms. The summed E-state index contributed by atoms with van der Waals surface area (Å²) in [6, 6.07) is 0. The van der Waals surface area contributed by atoms with E-state index in [1.54, 1.807) is 0 Å². The number of hydrogen-bond acceptors (Lipinski definition) is 2. The lowest BCUT2D eigenvalue weighted by Gasteiger charge is -2.37. The molecule has 90 valence electrons. The van der Waals surface area contributed by atoms with Crippen molar-refractivity contribution in [3.8, 4) is 0 Å². The van der Waals surface area contributed by atoms with E-state index in [4.69, 9.17) is 4.43 Å². The van der Waals surface area contributed by atoms with Crippen molar-refractivity contribution >= 4 is 20.1 Å². The molecule has 0 aliphatic carbocycles. The van der Waals surface area contributed by atoms with Crippen LogP contribution < -0.4 is 0 Å². The van der Waals surface area contributed by atoms with Gasteiger partial charge in [-0.3, -0.25) is 0 Å². The van der Waals surface area contributed by atoms with Crippen LogP contribution in [0.15, 0.2) is 11.2 Å². The molecule has 0 aliphatic rings. The fraction of sp³-hybridized carbons (Fsp3) is 0.833. The topological polar surface area (TPSA) is 9.23 Å². The van der Waals surface area contributed by atoms with E-state index in [9.17, 15) is 0 Å². The van der Waals surface area contributed by atoms with Gasteiger partial charge in [-0.25, -0.2) is 0 Å². The molecular weight excluding hydrogens is 220 g/mol. The summed E-state index contributed by atoms with van der Waals surface area (Å²) in [6.07, 6.45) is 2.09. The number of thioether (sulfide) groups is 1. The maximum atomic E-state index is 6.23. The van der Waals surface area contributed by atoms with Gasteiger partial charge in [0.2, 0.25) is 0 Å². The van der Waals surface area contributed by atoms with Gasteiger partial charge < -0.3 is 4.43 Å².